The molecule has 108 valence electrons. The quantitative estimate of drug-likeness (QED) is 0.488. The van der Waals surface area contributed by atoms with E-state index in [2.05, 4.69) is 0 Å². The minimum absolute atomic E-state index is 0.0973. The summed E-state index contributed by atoms with van der Waals surface area (Å²) >= 11 is 0. The van der Waals surface area contributed by atoms with Crippen LogP contribution in [0, 0.1) is 17.3 Å². The zero-order chi connectivity index (χ0) is 13.9. The molecule has 1 saturated carbocycles. The van der Waals surface area contributed by atoms with E-state index in [1.54, 1.807) is 6.92 Å². The predicted octanol–water partition coefficient (Wildman–Crippen LogP) is 0.256. The van der Waals surface area contributed by atoms with Gasteiger partial charge in [-0.1, -0.05) is 0 Å². The van der Waals surface area contributed by atoms with Crippen LogP contribution in [-0.4, -0.2) is 46.4 Å². The zero-order valence-electron chi connectivity index (χ0n) is 11.0. The molecule has 20 heavy (non-hydrogen) atoms. The van der Waals surface area contributed by atoms with Crippen molar-refractivity contribution < 1.29 is 29.2 Å². The van der Waals surface area contributed by atoms with Crippen molar-refractivity contribution in [2.75, 3.05) is 6.61 Å². The number of carbonyl (C=O) groups excluding carboxylic acids is 1. The summed E-state index contributed by atoms with van der Waals surface area (Å²) in [6, 6.07) is 0. The SMILES string of the molecule is C[C@]12O[C@H]1[C@]1(OC[C@]3(C4CC=C(O)C3C4)[C@H]1O)OC2=O. The molecule has 2 bridgehead atoms. The molecule has 6 nitrogen and oxygen atoms in total. The van der Waals surface area contributed by atoms with Crippen LogP contribution in [0.15, 0.2) is 11.8 Å². The Morgan fingerprint density at radius 1 is 1.45 bits per heavy atom. The van der Waals surface area contributed by atoms with Gasteiger partial charge in [0.05, 0.1) is 12.4 Å². The van der Waals surface area contributed by atoms with E-state index in [9.17, 15) is 15.0 Å². The van der Waals surface area contributed by atoms with E-state index in [0.717, 1.165) is 12.8 Å². The minimum Gasteiger partial charge on any atom is -0.512 e. The highest BCUT2D eigenvalue weighted by atomic mass is 16.8. The van der Waals surface area contributed by atoms with Gasteiger partial charge in [0.1, 0.15) is 6.10 Å². The molecule has 3 heterocycles. The molecule has 3 saturated heterocycles. The lowest BCUT2D eigenvalue weighted by molar-refractivity contribution is -0.249. The van der Waals surface area contributed by atoms with Gasteiger partial charge in [-0.25, -0.2) is 4.79 Å². The van der Waals surface area contributed by atoms with Crippen molar-refractivity contribution in [2.45, 2.75) is 43.4 Å². The molecule has 0 aromatic carbocycles. The summed E-state index contributed by atoms with van der Waals surface area (Å²) in [4.78, 5) is 11.9. The van der Waals surface area contributed by atoms with Gasteiger partial charge in [-0.05, 0) is 31.8 Å². The predicted molar refractivity (Wildman–Crippen MR) is 63.4 cm³/mol. The van der Waals surface area contributed by atoms with Gasteiger partial charge in [0, 0.05) is 11.3 Å². The first kappa shape index (κ1) is 11.5. The molecule has 2 spiro atoms. The lowest BCUT2D eigenvalue weighted by Crippen LogP contribution is -2.62. The number of esters is 1. The third-order valence-electron chi connectivity index (χ3n) is 6.16. The number of rotatable bonds is 0. The number of fused-ring (bicyclic) bond motifs is 2. The van der Waals surface area contributed by atoms with Crippen molar-refractivity contribution in [2.24, 2.45) is 17.3 Å². The molecule has 0 aromatic rings. The number of hydrogen-bond acceptors (Lipinski definition) is 6. The van der Waals surface area contributed by atoms with Gasteiger partial charge >= 0.3 is 5.97 Å². The summed E-state index contributed by atoms with van der Waals surface area (Å²) in [5.74, 6) is -1.35. The highest BCUT2D eigenvalue weighted by Gasteiger charge is 2.85. The van der Waals surface area contributed by atoms with Crippen LogP contribution in [0.3, 0.4) is 0 Å². The molecule has 6 heteroatoms. The molecule has 0 aromatic heterocycles. The van der Waals surface area contributed by atoms with Crippen molar-refractivity contribution in [1.82, 2.24) is 0 Å². The number of hydrogen-bond donors (Lipinski definition) is 2. The normalized spacial score (nSPS) is 62.1. The number of epoxide rings is 1. The van der Waals surface area contributed by atoms with Crippen LogP contribution in [-0.2, 0) is 19.0 Å². The monoisotopic (exact) mass is 280 g/mol. The summed E-state index contributed by atoms with van der Waals surface area (Å²) in [5, 5.41) is 20.9. The Labute approximate surface area is 115 Å². The molecule has 0 radical (unpaired) electrons. The molecular weight excluding hydrogens is 264 g/mol. The molecule has 3 aliphatic heterocycles. The van der Waals surface area contributed by atoms with Crippen molar-refractivity contribution in [3.63, 3.8) is 0 Å². The third-order valence-corrected chi connectivity index (χ3v) is 6.16. The Hall–Kier alpha value is -1.11. The van der Waals surface area contributed by atoms with Gasteiger partial charge in [-0.2, -0.15) is 0 Å². The van der Waals surface area contributed by atoms with Crippen LogP contribution < -0.4 is 0 Å². The molecular formula is C14H16O6. The van der Waals surface area contributed by atoms with Crippen molar-refractivity contribution >= 4 is 5.97 Å². The number of aliphatic hydroxyl groups is 2. The van der Waals surface area contributed by atoms with Crippen LogP contribution in [0.5, 0.6) is 0 Å². The second-order valence-electron chi connectivity index (χ2n) is 6.87. The largest absolute Gasteiger partial charge is 0.512 e. The Morgan fingerprint density at radius 3 is 2.80 bits per heavy atom. The van der Waals surface area contributed by atoms with Crippen molar-refractivity contribution in [3.8, 4) is 0 Å². The average molecular weight is 280 g/mol. The summed E-state index contributed by atoms with van der Waals surface area (Å²) in [6.07, 6.45) is 1.92. The Kier molecular flexibility index (Phi) is 1.68. The summed E-state index contributed by atoms with van der Waals surface area (Å²) < 4.78 is 16.6. The molecule has 5 rings (SSSR count). The lowest BCUT2D eigenvalue weighted by Gasteiger charge is -2.57. The van der Waals surface area contributed by atoms with E-state index in [-0.39, 0.29) is 11.8 Å². The molecule has 2 aliphatic carbocycles. The minimum atomic E-state index is -1.37. The van der Waals surface area contributed by atoms with Gasteiger partial charge in [0.15, 0.2) is 11.7 Å². The van der Waals surface area contributed by atoms with Crippen LogP contribution in [0.1, 0.15) is 19.8 Å². The van der Waals surface area contributed by atoms with E-state index in [0.29, 0.717) is 12.4 Å². The first-order chi connectivity index (χ1) is 9.45. The Morgan fingerprint density at radius 2 is 2.25 bits per heavy atom. The second kappa shape index (κ2) is 2.91. The standard InChI is InChI=1S/C14H16O6/c1-12-10(19-12)14(20-11(12)17)9(16)13(5-18-14)6-2-3-8(15)7(13)4-6/h3,6-7,9-10,15-16H,2,4-5H2,1H3/t6?,7?,9-,10-,12+,13-,14-/m1/s1. The van der Waals surface area contributed by atoms with Crippen molar-refractivity contribution in [3.05, 3.63) is 11.8 Å². The molecule has 5 aliphatic rings. The van der Waals surface area contributed by atoms with Crippen LogP contribution in [0.2, 0.25) is 0 Å². The Bertz CT molecular complexity index is 566. The van der Waals surface area contributed by atoms with E-state index in [4.69, 9.17) is 14.2 Å². The summed E-state index contributed by atoms with van der Waals surface area (Å²) in [7, 11) is 0. The highest BCUT2D eigenvalue weighted by Crippen LogP contribution is 2.69. The molecule has 0 amide bonds. The van der Waals surface area contributed by atoms with Crippen LogP contribution in [0.4, 0.5) is 0 Å². The average Bonchev–Trinajstić information content (AvgIpc) is 2.95. The fourth-order valence-corrected chi connectivity index (χ4v) is 4.80. The maximum Gasteiger partial charge on any atom is 0.343 e. The lowest BCUT2D eigenvalue weighted by atomic mass is 9.46. The summed E-state index contributed by atoms with van der Waals surface area (Å²) in [5.41, 5.74) is -1.50. The number of allylic oxidation sites excluding steroid dienone is 2. The molecule has 4 fully saturated rings. The van der Waals surface area contributed by atoms with E-state index < -0.39 is 35.0 Å². The topological polar surface area (TPSA) is 88.5 Å². The van der Waals surface area contributed by atoms with Crippen LogP contribution in [0.25, 0.3) is 0 Å². The summed E-state index contributed by atoms with van der Waals surface area (Å²) in [6.45, 7) is 1.96. The second-order valence-corrected chi connectivity index (χ2v) is 6.87. The maximum atomic E-state index is 11.9. The number of aliphatic hydroxyl groups excluding tert-OH is 2. The number of ether oxygens (including phenoxy) is 3. The smallest absolute Gasteiger partial charge is 0.343 e. The third kappa shape index (κ3) is 0.899. The first-order valence-electron chi connectivity index (χ1n) is 7.07. The molecule has 2 N–H and O–H groups in total. The first-order valence-corrected chi connectivity index (χ1v) is 7.07. The zero-order valence-corrected chi connectivity index (χ0v) is 11.0. The van der Waals surface area contributed by atoms with E-state index in [1.807, 2.05) is 6.08 Å². The van der Waals surface area contributed by atoms with Crippen molar-refractivity contribution in [1.29, 1.82) is 0 Å². The maximum absolute atomic E-state index is 11.9. The number of carbonyl (C=O) groups is 1. The van der Waals surface area contributed by atoms with Gasteiger partial charge in [0.25, 0.3) is 5.79 Å². The molecule has 2 unspecified atom stereocenters. The molecule has 7 atom stereocenters. The van der Waals surface area contributed by atoms with Gasteiger partial charge < -0.3 is 24.4 Å². The van der Waals surface area contributed by atoms with Gasteiger partial charge in [-0.15, -0.1) is 0 Å². The fourth-order valence-electron chi connectivity index (χ4n) is 4.80. The Balaban J connectivity index is 1.56. The van der Waals surface area contributed by atoms with Gasteiger partial charge in [0.2, 0.25) is 0 Å². The van der Waals surface area contributed by atoms with Crippen LogP contribution >= 0.6 is 0 Å². The van der Waals surface area contributed by atoms with E-state index >= 15 is 0 Å². The highest BCUT2D eigenvalue weighted by molar-refractivity contribution is 5.86. The fraction of sp³-hybridized carbons (Fsp3) is 0.786. The van der Waals surface area contributed by atoms with E-state index in [1.165, 1.54) is 0 Å². The van der Waals surface area contributed by atoms with Gasteiger partial charge in [-0.3, -0.25) is 0 Å².